The van der Waals surface area contributed by atoms with E-state index >= 15 is 0 Å². The Morgan fingerprint density at radius 3 is 2.50 bits per heavy atom. The van der Waals surface area contributed by atoms with E-state index in [4.69, 9.17) is 19.3 Å². The van der Waals surface area contributed by atoms with E-state index in [1.54, 1.807) is 30.3 Å². The molecule has 0 aromatic heterocycles. The number of rotatable bonds is 11. The summed E-state index contributed by atoms with van der Waals surface area (Å²) in [6.07, 6.45) is -2.98. The van der Waals surface area contributed by atoms with Crippen LogP contribution in [-0.4, -0.2) is 79.9 Å². The second-order valence-corrected chi connectivity index (χ2v) is 9.76. The molecule has 14 heteroatoms. The van der Waals surface area contributed by atoms with Gasteiger partial charge >= 0.3 is 18.1 Å². The SMILES string of the molecule is O=C(C=Cc1ccc(C(=O)OC2CC(C(=O)NCc3cccc(C(=O)NCCO)c3)=CC3OCOC32)cc1)OCC(F)(F)F. The van der Waals surface area contributed by atoms with Crippen LogP contribution in [0, 0.1) is 0 Å². The fourth-order valence-electron chi connectivity index (χ4n) is 4.42. The molecule has 1 aliphatic heterocycles. The zero-order chi connectivity index (χ0) is 31.7. The standard InChI is InChI=1S/C30H29F3N2O9/c31-30(32,33)16-41-25(37)9-6-18-4-7-20(8-5-18)29(40)44-24-14-22(13-23-26(24)43-17-42-23)28(39)35-15-19-2-1-3-21(12-19)27(38)34-10-11-36/h1-9,12-13,23-24,26,36H,10-11,14-17H2,(H,34,38)(H,35,39). The largest absolute Gasteiger partial charge is 0.456 e. The van der Waals surface area contributed by atoms with Gasteiger partial charge in [0.25, 0.3) is 5.91 Å². The van der Waals surface area contributed by atoms with Gasteiger partial charge in [-0.05, 0) is 47.5 Å². The molecule has 1 aliphatic carbocycles. The van der Waals surface area contributed by atoms with E-state index < -0.39 is 48.9 Å². The maximum absolute atomic E-state index is 13.0. The predicted molar refractivity (Wildman–Crippen MR) is 147 cm³/mol. The van der Waals surface area contributed by atoms with Gasteiger partial charge in [-0.2, -0.15) is 13.2 Å². The van der Waals surface area contributed by atoms with E-state index in [1.165, 1.54) is 30.3 Å². The molecule has 2 aromatic carbocycles. The smallest absolute Gasteiger partial charge is 0.422 e. The molecule has 2 aromatic rings. The van der Waals surface area contributed by atoms with Crippen molar-refractivity contribution in [2.45, 2.75) is 37.5 Å². The van der Waals surface area contributed by atoms with Crippen molar-refractivity contribution in [1.29, 1.82) is 0 Å². The number of fused-ring (bicyclic) bond motifs is 1. The Morgan fingerprint density at radius 2 is 1.77 bits per heavy atom. The minimum atomic E-state index is -4.63. The van der Waals surface area contributed by atoms with Gasteiger partial charge in [0.2, 0.25) is 5.91 Å². The molecule has 1 saturated heterocycles. The highest BCUT2D eigenvalue weighted by atomic mass is 19.4. The van der Waals surface area contributed by atoms with Gasteiger partial charge in [-0.25, -0.2) is 9.59 Å². The highest BCUT2D eigenvalue weighted by molar-refractivity contribution is 5.95. The molecule has 234 valence electrons. The number of amides is 2. The van der Waals surface area contributed by atoms with Crippen molar-refractivity contribution in [3.05, 3.63) is 88.5 Å². The summed E-state index contributed by atoms with van der Waals surface area (Å²) in [6.45, 7) is -1.70. The van der Waals surface area contributed by atoms with E-state index in [0.717, 1.165) is 6.08 Å². The second kappa shape index (κ2) is 14.8. The lowest BCUT2D eigenvalue weighted by atomic mass is 9.91. The summed E-state index contributed by atoms with van der Waals surface area (Å²) >= 11 is 0. The number of esters is 2. The van der Waals surface area contributed by atoms with E-state index in [9.17, 15) is 32.3 Å². The highest BCUT2D eigenvalue weighted by Gasteiger charge is 2.42. The topological polar surface area (TPSA) is 149 Å². The van der Waals surface area contributed by atoms with Crippen LogP contribution in [0.2, 0.25) is 0 Å². The number of nitrogens with one attached hydrogen (secondary N) is 2. The molecule has 1 fully saturated rings. The van der Waals surface area contributed by atoms with Crippen molar-refractivity contribution in [1.82, 2.24) is 10.6 Å². The van der Waals surface area contributed by atoms with Gasteiger partial charge in [-0.3, -0.25) is 9.59 Å². The predicted octanol–water partition coefficient (Wildman–Crippen LogP) is 2.44. The average Bonchev–Trinajstić information content (AvgIpc) is 3.49. The first-order valence-electron chi connectivity index (χ1n) is 13.4. The number of carbonyl (C=O) groups is 4. The molecular weight excluding hydrogens is 589 g/mol. The van der Waals surface area contributed by atoms with Crippen molar-refractivity contribution in [3.8, 4) is 0 Å². The lowest BCUT2D eigenvalue weighted by Crippen LogP contribution is -2.43. The Bertz CT molecular complexity index is 1420. The minimum Gasteiger partial charge on any atom is -0.456 e. The summed E-state index contributed by atoms with van der Waals surface area (Å²) in [5.41, 5.74) is 1.95. The van der Waals surface area contributed by atoms with Crippen LogP contribution >= 0.6 is 0 Å². The summed E-state index contributed by atoms with van der Waals surface area (Å²) in [7, 11) is 0. The molecule has 4 rings (SSSR count). The van der Waals surface area contributed by atoms with Crippen molar-refractivity contribution < 1.29 is 56.4 Å². The summed E-state index contributed by atoms with van der Waals surface area (Å²) in [6, 6.07) is 12.4. The number of ether oxygens (including phenoxy) is 4. The fraction of sp³-hybridized carbons (Fsp3) is 0.333. The first-order chi connectivity index (χ1) is 21.0. The molecule has 3 unspecified atom stereocenters. The van der Waals surface area contributed by atoms with Crippen LogP contribution in [-0.2, 0) is 35.1 Å². The molecule has 3 N–H and O–H groups in total. The van der Waals surface area contributed by atoms with Crippen LogP contribution in [0.4, 0.5) is 13.2 Å². The maximum Gasteiger partial charge on any atom is 0.422 e. The summed E-state index contributed by atoms with van der Waals surface area (Å²) in [5, 5.41) is 14.2. The third-order valence-electron chi connectivity index (χ3n) is 6.52. The maximum atomic E-state index is 13.0. The van der Waals surface area contributed by atoms with Crippen LogP contribution in [0.25, 0.3) is 6.08 Å². The number of hydrogen-bond donors (Lipinski definition) is 3. The van der Waals surface area contributed by atoms with Gasteiger partial charge < -0.3 is 34.7 Å². The molecule has 0 bridgehead atoms. The second-order valence-electron chi connectivity index (χ2n) is 9.76. The quantitative estimate of drug-likeness (QED) is 0.255. The Hall–Kier alpha value is -4.53. The van der Waals surface area contributed by atoms with Crippen molar-refractivity contribution in [3.63, 3.8) is 0 Å². The third kappa shape index (κ3) is 9.23. The molecule has 3 atom stereocenters. The molecule has 0 radical (unpaired) electrons. The van der Waals surface area contributed by atoms with E-state index in [0.29, 0.717) is 22.3 Å². The van der Waals surface area contributed by atoms with Crippen LogP contribution < -0.4 is 10.6 Å². The number of benzene rings is 2. The van der Waals surface area contributed by atoms with Gasteiger partial charge in [0, 0.05) is 36.7 Å². The van der Waals surface area contributed by atoms with E-state index in [1.807, 2.05) is 0 Å². The van der Waals surface area contributed by atoms with Crippen LogP contribution in [0.5, 0.6) is 0 Å². The molecule has 0 saturated carbocycles. The van der Waals surface area contributed by atoms with Crippen LogP contribution in [0.3, 0.4) is 0 Å². The van der Waals surface area contributed by atoms with Gasteiger partial charge in [0.1, 0.15) is 25.1 Å². The van der Waals surface area contributed by atoms with Crippen molar-refractivity contribution in [2.75, 3.05) is 26.6 Å². The number of aliphatic hydroxyl groups excluding tert-OH is 1. The van der Waals surface area contributed by atoms with Gasteiger partial charge in [-0.15, -0.1) is 0 Å². The summed E-state index contributed by atoms with van der Waals surface area (Å²) in [4.78, 5) is 49.6. The molecule has 2 amide bonds. The molecular formula is C30H29F3N2O9. The fourth-order valence-corrected chi connectivity index (χ4v) is 4.42. The Kier molecular flexibility index (Phi) is 10.9. The van der Waals surface area contributed by atoms with Gasteiger partial charge in [0.05, 0.1) is 12.2 Å². The summed E-state index contributed by atoms with van der Waals surface area (Å²) in [5.74, 6) is -2.64. The van der Waals surface area contributed by atoms with E-state index in [-0.39, 0.29) is 44.4 Å². The number of halogens is 3. The first-order valence-corrected chi connectivity index (χ1v) is 13.4. The van der Waals surface area contributed by atoms with Crippen LogP contribution in [0.15, 0.2) is 66.3 Å². The summed E-state index contributed by atoms with van der Waals surface area (Å²) < 4.78 is 57.4. The Labute approximate surface area is 249 Å². The lowest BCUT2D eigenvalue weighted by Gasteiger charge is -2.30. The van der Waals surface area contributed by atoms with Crippen molar-refractivity contribution in [2.24, 2.45) is 0 Å². The lowest BCUT2D eigenvalue weighted by molar-refractivity contribution is -0.182. The molecule has 2 aliphatic rings. The Balaban J connectivity index is 1.34. The molecule has 11 nitrogen and oxygen atoms in total. The monoisotopic (exact) mass is 618 g/mol. The minimum absolute atomic E-state index is 0.0482. The highest BCUT2D eigenvalue weighted by Crippen LogP contribution is 2.31. The molecule has 1 heterocycles. The van der Waals surface area contributed by atoms with Gasteiger partial charge in [-0.1, -0.05) is 24.3 Å². The van der Waals surface area contributed by atoms with Gasteiger partial charge in [0.15, 0.2) is 6.61 Å². The first kappa shape index (κ1) is 32.4. The number of hydrogen-bond acceptors (Lipinski definition) is 9. The molecule has 44 heavy (non-hydrogen) atoms. The average molecular weight is 619 g/mol. The van der Waals surface area contributed by atoms with Crippen LogP contribution in [0.1, 0.15) is 38.3 Å². The molecule has 0 spiro atoms. The number of aliphatic hydroxyl groups is 1. The Morgan fingerprint density at radius 1 is 1.00 bits per heavy atom. The zero-order valence-electron chi connectivity index (χ0n) is 23.2. The zero-order valence-corrected chi connectivity index (χ0v) is 23.2. The van der Waals surface area contributed by atoms with E-state index in [2.05, 4.69) is 15.4 Å². The number of alkyl halides is 3. The normalized spacial score (nSPS) is 19.5. The van der Waals surface area contributed by atoms with Crippen molar-refractivity contribution >= 4 is 29.8 Å². The third-order valence-corrected chi connectivity index (χ3v) is 6.52. The number of carbonyl (C=O) groups excluding carboxylic acids is 4.